The number of halogens is 2. The van der Waals surface area contributed by atoms with Gasteiger partial charge in [-0.3, -0.25) is 4.79 Å². The fraction of sp³-hybridized carbons (Fsp3) is 0.133. The highest BCUT2D eigenvalue weighted by molar-refractivity contribution is 9.10. The molecule has 102 valence electrons. The topological polar surface area (TPSA) is 32.3 Å². The second kappa shape index (κ2) is 5.25. The first-order chi connectivity index (χ1) is 9.66. The number of hydrogen-bond acceptors (Lipinski definition) is 2. The molecule has 2 aromatic carbocycles. The Morgan fingerprint density at radius 2 is 2.00 bits per heavy atom. The van der Waals surface area contributed by atoms with Crippen molar-refractivity contribution in [1.82, 2.24) is 0 Å². The molecule has 1 aliphatic heterocycles. The first kappa shape index (κ1) is 13.1. The smallest absolute Gasteiger partial charge is 0.246 e. The lowest BCUT2D eigenvalue weighted by atomic mass is 10.1. The minimum Gasteiger partial charge on any atom is -0.374 e. The summed E-state index contributed by atoms with van der Waals surface area (Å²) in [6.07, 6.45) is 0. The molecule has 0 atom stereocenters. The quantitative estimate of drug-likeness (QED) is 0.910. The Bertz CT molecular complexity index is 675. The molecule has 20 heavy (non-hydrogen) atoms. The summed E-state index contributed by atoms with van der Waals surface area (Å²) in [7, 11) is 0. The number of carbonyl (C=O) groups is 1. The minimum atomic E-state index is -0.321. The summed E-state index contributed by atoms with van der Waals surface area (Å²) >= 11 is 3.24. The lowest BCUT2D eigenvalue weighted by molar-refractivity contribution is -0.117. The predicted molar refractivity (Wildman–Crippen MR) is 80.2 cm³/mol. The van der Waals surface area contributed by atoms with Crippen LogP contribution in [0.1, 0.15) is 5.56 Å². The molecule has 0 spiro atoms. The maximum Gasteiger partial charge on any atom is 0.246 e. The Labute approximate surface area is 124 Å². The van der Waals surface area contributed by atoms with Crippen LogP contribution in [0.15, 0.2) is 46.9 Å². The van der Waals surface area contributed by atoms with Crippen molar-refractivity contribution in [2.45, 2.75) is 6.54 Å². The molecule has 0 bridgehead atoms. The third-order valence-electron chi connectivity index (χ3n) is 3.29. The van der Waals surface area contributed by atoms with E-state index in [4.69, 9.17) is 0 Å². The van der Waals surface area contributed by atoms with E-state index in [0.29, 0.717) is 11.0 Å². The molecule has 0 saturated heterocycles. The first-order valence-corrected chi connectivity index (χ1v) is 7.02. The van der Waals surface area contributed by atoms with E-state index in [1.807, 2.05) is 30.3 Å². The number of para-hydroxylation sites is 2. The SMILES string of the molecule is O=C1CNc2ccccc2N1Cc1cccc(F)c1Br. The van der Waals surface area contributed by atoms with Crippen molar-refractivity contribution in [2.24, 2.45) is 0 Å². The van der Waals surface area contributed by atoms with Gasteiger partial charge in [0.25, 0.3) is 0 Å². The van der Waals surface area contributed by atoms with Crippen LogP contribution in [-0.2, 0) is 11.3 Å². The van der Waals surface area contributed by atoms with E-state index >= 15 is 0 Å². The molecule has 2 aromatic rings. The zero-order valence-electron chi connectivity index (χ0n) is 10.6. The van der Waals surface area contributed by atoms with Gasteiger partial charge in [0.15, 0.2) is 0 Å². The normalized spacial score (nSPS) is 13.9. The van der Waals surface area contributed by atoms with E-state index < -0.39 is 0 Å². The molecule has 0 saturated carbocycles. The largest absolute Gasteiger partial charge is 0.374 e. The van der Waals surface area contributed by atoms with Crippen molar-refractivity contribution in [2.75, 3.05) is 16.8 Å². The Balaban J connectivity index is 1.98. The maximum atomic E-state index is 13.6. The van der Waals surface area contributed by atoms with Gasteiger partial charge < -0.3 is 10.2 Å². The van der Waals surface area contributed by atoms with Gasteiger partial charge in [0.1, 0.15) is 5.82 Å². The van der Waals surface area contributed by atoms with Gasteiger partial charge in [0, 0.05) is 0 Å². The van der Waals surface area contributed by atoms with Gasteiger partial charge in [-0.15, -0.1) is 0 Å². The van der Waals surface area contributed by atoms with E-state index in [2.05, 4.69) is 21.2 Å². The summed E-state index contributed by atoms with van der Waals surface area (Å²) in [6.45, 7) is 0.597. The number of anilines is 2. The summed E-state index contributed by atoms with van der Waals surface area (Å²) < 4.78 is 14.0. The van der Waals surface area contributed by atoms with Crippen LogP contribution in [0.4, 0.5) is 15.8 Å². The number of rotatable bonds is 2. The molecule has 3 rings (SSSR count). The van der Waals surface area contributed by atoms with Crippen LogP contribution in [-0.4, -0.2) is 12.5 Å². The highest BCUT2D eigenvalue weighted by atomic mass is 79.9. The van der Waals surface area contributed by atoms with Crippen molar-refractivity contribution in [3.05, 3.63) is 58.3 Å². The molecule has 0 aliphatic carbocycles. The monoisotopic (exact) mass is 334 g/mol. The summed E-state index contributed by atoms with van der Waals surface area (Å²) in [5.74, 6) is -0.349. The molecule has 0 aromatic heterocycles. The Morgan fingerprint density at radius 1 is 1.20 bits per heavy atom. The van der Waals surface area contributed by atoms with Crippen molar-refractivity contribution in [3.63, 3.8) is 0 Å². The second-order valence-electron chi connectivity index (χ2n) is 4.56. The standard InChI is InChI=1S/C15H12BrFN2O/c16-15-10(4-3-5-11(15)17)9-19-13-7-2-1-6-12(13)18-8-14(19)20/h1-7,18H,8-9H2. The molecule has 3 nitrogen and oxygen atoms in total. The van der Waals surface area contributed by atoms with Gasteiger partial charge in [0.05, 0.1) is 28.9 Å². The number of nitrogens with one attached hydrogen (secondary N) is 1. The van der Waals surface area contributed by atoms with Gasteiger partial charge in [-0.25, -0.2) is 4.39 Å². The zero-order chi connectivity index (χ0) is 14.1. The number of benzene rings is 2. The van der Waals surface area contributed by atoms with Gasteiger partial charge in [0.2, 0.25) is 5.91 Å². The van der Waals surface area contributed by atoms with Gasteiger partial charge >= 0.3 is 0 Å². The summed E-state index contributed by atoms with van der Waals surface area (Å²) in [4.78, 5) is 13.8. The summed E-state index contributed by atoms with van der Waals surface area (Å²) in [5, 5.41) is 3.08. The third-order valence-corrected chi connectivity index (χ3v) is 4.17. The van der Waals surface area contributed by atoms with E-state index in [9.17, 15) is 9.18 Å². The molecule has 1 N–H and O–H groups in total. The molecule has 1 aliphatic rings. The van der Waals surface area contributed by atoms with Crippen LogP contribution in [0.5, 0.6) is 0 Å². The highest BCUT2D eigenvalue weighted by Gasteiger charge is 2.24. The number of nitrogens with zero attached hydrogens (tertiary/aromatic N) is 1. The molecular weight excluding hydrogens is 323 g/mol. The Hall–Kier alpha value is -1.88. The average Bonchev–Trinajstić information content (AvgIpc) is 2.46. The van der Waals surface area contributed by atoms with Crippen molar-refractivity contribution >= 4 is 33.2 Å². The van der Waals surface area contributed by atoms with Crippen LogP contribution in [0.3, 0.4) is 0 Å². The van der Waals surface area contributed by atoms with Crippen molar-refractivity contribution < 1.29 is 9.18 Å². The van der Waals surface area contributed by atoms with Gasteiger partial charge in [-0.1, -0.05) is 24.3 Å². The molecule has 1 amide bonds. The molecule has 1 heterocycles. The average molecular weight is 335 g/mol. The fourth-order valence-corrected chi connectivity index (χ4v) is 2.66. The fourth-order valence-electron chi connectivity index (χ4n) is 2.27. The summed E-state index contributed by atoms with van der Waals surface area (Å²) in [5.41, 5.74) is 2.48. The first-order valence-electron chi connectivity index (χ1n) is 6.23. The van der Waals surface area contributed by atoms with Crippen LogP contribution in [0.25, 0.3) is 0 Å². The van der Waals surface area contributed by atoms with Crippen molar-refractivity contribution in [1.29, 1.82) is 0 Å². The van der Waals surface area contributed by atoms with Crippen molar-refractivity contribution in [3.8, 4) is 0 Å². The Morgan fingerprint density at radius 3 is 2.85 bits per heavy atom. The summed E-state index contributed by atoms with van der Waals surface area (Å²) in [6, 6.07) is 12.5. The number of hydrogen-bond donors (Lipinski definition) is 1. The zero-order valence-corrected chi connectivity index (χ0v) is 12.2. The number of fused-ring (bicyclic) bond motifs is 1. The maximum absolute atomic E-state index is 13.6. The van der Waals surface area contributed by atoms with E-state index in [1.165, 1.54) is 6.07 Å². The lowest BCUT2D eigenvalue weighted by Gasteiger charge is -2.30. The minimum absolute atomic E-state index is 0.0279. The number of amides is 1. The number of carbonyl (C=O) groups excluding carboxylic acids is 1. The van der Waals surface area contributed by atoms with Gasteiger partial charge in [-0.2, -0.15) is 0 Å². The van der Waals surface area contributed by atoms with E-state index in [-0.39, 0.29) is 18.3 Å². The highest BCUT2D eigenvalue weighted by Crippen LogP contribution is 2.31. The molecule has 0 radical (unpaired) electrons. The molecule has 5 heteroatoms. The van der Waals surface area contributed by atoms with E-state index in [0.717, 1.165) is 16.9 Å². The van der Waals surface area contributed by atoms with Crippen LogP contribution >= 0.6 is 15.9 Å². The Kier molecular flexibility index (Phi) is 3.44. The van der Waals surface area contributed by atoms with Gasteiger partial charge in [-0.05, 0) is 39.7 Å². The predicted octanol–water partition coefficient (Wildman–Crippen LogP) is 3.55. The second-order valence-corrected chi connectivity index (χ2v) is 5.36. The van der Waals surface area contributed by atoms with Crippen LogP contribution in [0.2, 0.25) is 0 Å². The van der Waals surface area contributed by atoms with Crippen LogP contribution < -0.4 is 10.2 Å². The molecular formula is C15H12BrFN2O. The molecule has 0 fully saturated rings. The molecule has 0 unspecified atom stereocenters. The van der Waals surface area contributed by atoms with Crippen LogP contribution in [0, 0.1) is 5.82 Å². The third kappa shape index (κ3) is 2.29. The van der Waals surface area contributed by atoms with E-state index in [1.54, 1.807) is 11.0 Å². The lowest BCUT2D eigenvalue weighted by Crippen LogP contribution is -2.39.